The Labute approximate surface area is 107 Å². The van der Waals surface area contributed by atoms with Gasteiger partial charge in [0.2, 0.25) is 0 Å². The molecule has 0 radical (unpaired) electrons. The van der Waals surface area contributed by atoms with Gasteiger partial charge in [-0.3, -0.25) is 0 Å². The average molecular weight is 238 g/mol. The second-order valence-corrected chi connectivity index (χ2v) is 6.10. The number of nitrogens with two attached hydrogens (primary N) is 1. The van der Waals surface area contributed by atoms with Crippen molar-refractivity contribution in [3.63, 3.8) is 0 Å². The molecule has 0 saturated heterocycles. The summed E-state index contributed by atoms with van der Waals surface area (Å²) in [6, 6.07) is 1.51. The van der Waals surface area contributed by atoms with Crippen LogP contribution in [0.3, 0.4) is 0 Å². The van der Waals surface area contributed by atoms with Crippen LogP contribution in [0.1, 0.15) is 70.6 Å². The zero-order valence-electron chi connectivity index (χ0n) is 11.3. The molecule has 0 spiro atoms. The molecule has 0 heterocycles. The van der Waals surface area contributed by atoms with Crippen molar-refractivity contribution in [1.29, 1.82) is 0 Å². The fraction of sp³-hybridized carbons (Fsp3) is 1.00. The van der Waals surface area contributed by atoms with Gasteiger partial charge in [-0.05, 0) is 38.1 Å². The molecule has 2 saturated carbocycles. The van der Waals surface area contributed by atoms with Gasteiger partial charge in [-0.1, -0.05) is 44.9 Å². The van der Waals surface area contributed by atoms with Crippen LogP contribution in [-0.2, 0) is 0 Å². The average Bonchev–Trinajstić information content (AvgIpc) is 2.33. The Balaban J connectivity index is 1.80. The van der Waals surface area contributed by atoms with Gasteiger partial charge >= 0.3 is 0 Å². The van der Waals surface area contributed by atoms with Gasteiger partial charge in [-0.2, -0.15) is 0 Å². The first kappa shape index (κ1) is 13.4. The van der Waals surface area contributed by atoms with Crippen LogP contribution in [0.4, 0.5) is 0 Å². The summed E-state index contributed by atoms with van der Waals surface area (Å²) in [5.74, 6) is 0.745. The van der Waals surface area contributed by atoms with Crippen LogP contribution in [0.5, 0.6) is 0 Å². The highest BCUT2D eigenvalue weighted by molar-refractivity contribution is 4.84. The van der Waals surface area contributed by atoms with Crippen LogP contribution in [0.25, 0.3) is 0 Å². The Kier molecular flexibility index (Phi) is 5.79. The van der Waals surface area contributed by atoms with E-state index in [0.29, 0.717) is 0 Å². The van der Waals surface area contributed by atoms with Crippen LogP contribution in [0.15, 0.2) is 0 Å². The maximum Gasteiger partial charge on any atom is 0.0110 e. The molecule has 0 aromatic carbocycles. The first-order valence-corrected chi connectivity index (χ1v) is 7.86. The molecule has 100 valence electrons. The molecule has 2 unspecified atom stereocenters. The van der Waals surface area contributed by atoms with E-state index in [9.17, 15) is 0 Å². The van der Waals surface area contributed by atoms with Crippen molar-refractivity contribution in [2.75, 3.05) is 6.54 Å². The molecule has 17 heavy (non-hydrogen) atoms. The summed E-state index contributed by atoms with van der Waals surface area (Å²) in [6.45, 7) is 0.879. The van der Waals surface area contributed by atoms with Gasteiger partial charge in [0.1, 0.15) is 0 Å². The standard InChI is InChI=1S/C15H30N2/c16-12-13-8-6-7-11-15(13)17-14-9-4-2-1-3-5-10-14/h13-15,17H,1-12,16H2. The first-order valence-electron chi connectivity index (χ1n) is 7.86. The van der Waals surface area contributed by atoms with Crippen LogP contribution < -0.4 is 11.1 Å². The molecule has 0 aliphatic heterocycles. The number of hydrogen-bond acceptors (Lipinski definition) is 2. The van der Waals surface area contributed by atoms with E-state index in [4.69, 9.17) is 5.73 Å². The molecule has 2 fully saturated rings. The van der Waals surface area contributed by atoms with Crippen LogP contribution >= 0.6 is 0 Å². The van der Waals surface area contributed by atoms with Crippen LogP contribution in [0, 0.1) is 5.92 Å². The van der Waals surface area contributed by atoms with Crippen molar-refractivity contribution in [3.05, 3.63) is 0 Å². The quantitative estimate of drug-likeness (QED) is 0.792. The Morgan fingerprint density at radius 1 is 0.765 bits per heavy atom. The zero-order chi connectivity index (χ0) is 11.9. The molecule has 2 aliphatic rings. The summed E-state index contributed by atoms with van der Waals surface area (Å²) in [6.07, 6.45) is 15.5. The van der Waals surface area contributed by atoms with Crippen molar-refractivity contribution < 1.29 is 0 Å². The van der Waals surface area contributed by atoms with Gasteiger partial charge in [0.25, 0.3) is 0 Å². The lowest BCUT2D eigenvalue weighted by Crippen LogP contribution is -2.46. The highest BCUT2D eigenvalue weighted by Gasteiger charge is 2.25. The highest BCUT2D eigenvalue weighted by atomic mass is 15.0. The summed E-state index contributed by atoms with van der Waals surface area (Å²) in [5, 5.41) is 3.95. The maximum absolute atomic E-state index is 5.91. The second-order valence-electron chi connectivity index (χ2n) is 6.10. The summed E-state index contributed by atoms with van der Waals surface area (Å²) < 4.78 is 0. The third-order valence-electron chi connectivity index (χ3n) is 4.77. The predicted molar refractivity (Wildman–Crippen MR) is 74.0 cm³/mol. The summed E-state index contributed by atoms with van der Waals surface area (Å²) in [7, 11) is 0. The molecule has 0 amide bonds. The smallest absolute Gasteiger partial charge is 0.0110 e. The minimum absolute atomic E-state index is 0.721. The molecular weight excluding hydrogens is 208 g/mol. The molecular formula is C15H30N2. The minimum Gasteiger partial charge on any atom is -0.330 e. The largest absolute Gasteiger partial charge is 0.330 e. The molecule has 2 heteroatoms. The predicted octanol–water partition coefficient (Wildman–Crippen LogP) is 3.21. The summed E-state index contributed by atoms with van der Waals surface area (Å²) in [5.41, 5.74) is 5.91. The van der Waals surface area contributed by atoms with E-state index in [1.54, 1.807) is 0 Å². The van der Waals surface area contributed by atoms with Gasteiger partial charge < -0.3 is 11.1 Å². The zero-order valence-corrected chi connectivity index (χ0v) is 11.3. The van der Waals surface area contributed by atoms with E-state index in [1.807, 2.05) is 0 Å². The van der Waals surface area contributed by atoms with Gasteiger partial charge in [0, 0.05) is 12.1 Å². The van der Waals surface area contributed by atoms with Crippen molar-refractivity contribution in [2.24, 2.45) is 11.7 Å². The molecule has 2 atom stereocenters. The lowest BCUT2D eigenvalue weighted by Gasteiger charge is -2.35. The number of hydrogen-bond donors (Lipinski definition) is 2. The van der Waals surface area contributed by atoms with E-state index in [0.717, 1.165) is 24.5 Å². The van der Waals surface area contributed by atoms with E-state index < -0.39 is 0 Å². The van der Waals surface area contributed by atoms with E-state index in [2.05, 4.69) is 5.32 Å². The minimum atomic E-state index is 0.721. The molecule has 2 rings (SSSR count). The Morgan fingerprint density at radius 3 is 2.06 bits per heavy atom. The molecule has 3 N–H and O–H groups in total. The van der Waals surface area contributed by atoms with Gasteiger partial charge in [-0.25, -0.2) is 0 Å². The number of rotatable bonds is 3. The first-order chi connectivity index (χ1) is 8.40. The maximum atomic E-state index is 5.91. The lowest BCUT2D eigenvalue weighted by atomic mass is 9.83. The molecule has 0 aromatic rings. The van der Waals surface area contributed by atoms with Gasteiger partial charge in [-0.15, -0.1) is 0 Å². The Hall–Kier alpha value is -0.0800. The van der Waals surface area contributed by atoms with Gasteiger partial charge in [0.15, 0.2) is 0 Å². The monoisotopic (exact) mass is 238 g/mol. The third-order valence-corrected chi connectivity index (χ3v) is 4.77. The van der Waals surface area contributed by atoms with Crippen molar-refractivity contribution in [3.8, 4) is 0 Å². The van der Waals surface area contributed by atoms with E-state index >= 15 is 0 Å². The molecule has 0 aromatic heterocycles. The Bertz CT molecular complexity index is 197. The van der Waals surface area contributed by atoms with Gasteiger partial charge in [0.05, 0.1) is 0 Å². The summed E-state index contributed by atoms with van der Waals surface area (Å²) >= 11 is 0. The van der Waals surface area contributed by atoms with Crippen LogP contribution in [0.2, 0.25) is 0 Å². The Morgan fingerprint density at radius 2 is 1.35 bits per heavy atom. The highest BCUT2D eigenvalue weighted by Crippen LogP contribution is 2.26. The molecule has 2 aliphatic carbocycles. The van der Waals surface area contributed by atoms with Crippen LogP contribution in [-0.4, -0.2) is 18.6 Å². The third kappa shape index (κ3) is 4.26. The van der Waals surface area contributed by atoms with Crippen molar-refractivity contribution in [1.82, 2.24) is 5.32 Å². The SMILES string of the molecule is NCC1CCCCC1NC1CCCCCCC1. The fourth-order valence-corrected chi connectivity index (χ4v) is 3.63. The normalized spacial score (nSPS) is 33.0. The second kappa shape index (κ2) is 7.38. The van der Waals surface area contributed by atoms with Crippen molar-refractivity contribution >= 4 is 0 Å². The van der Waals surface area contributed by atoms with E-state index in [1.165, 1.54) is 70.6 Å². The summed E-state index contributed by atoms with van der Waals surface area (Å²) in [4.78, 5) is 0. The molecule has 2 nitrogen and oxygen atoms in total. The van der Waals surface area contributed by atoms with Crippen molar-refractivity contribution in [2.45, 2.75) is 82.7 Å². The fourth-order valence-electron chi connectivity index (χ4n) is 3.63. The molecule has 0 bridgehead atoms. The van der Waals surface area contributed by atoms with E-state index in [-0.39, 0.29) is 0 Å². The number of nitrogens with one attached hydrogen (secondary N) is 1. The topological polar surface area (TPSA) is 38.0 Å². The lowest BCUT2D eigenvalue weighted by molar-refractivity contribution is 0.232.